The number of halogens is 2. The van der Waals surface area contributed by atoms with Crippen molar-refractivity contribution in [3.63, 3.8) is 0 Å². The summed E-state index contributed by atoms with van der Waals surface area (Å²) in [6, 6.07) is 8.53. The molecule has 66 valence electrons. The molecular formula is C7H7AsCl2O2. The molecular weight excluding hydrogens is 262 g/mol. The Morgan fingerprint density at radius 3 is 2.17 bits per heavy atom. The predicted octanol–water partition coefficient (Wildman–Crippen LogP) is 1.81. The Morgan fingerprint density at radius 1 is 1.25 bits per heavy atom. The van der Waals surface area contributed by atoms with E-state index in [1.807, 2.05) is 0 Å². The molecule has 0 aliphatic carbocycles. The van der Waals surface area contributed by atoms with Crippen LogP contribution < -0.4 is 4.35 Å². The fraction of sp³-hybridized carbons (Fsp3) is 0. The van der Waals surface area contributed by atoms with Crippen LogP contribution >= 0.6 is 19.9 Å². The zero-order valence-corrected chi connectivity index (χ0v) is 9.61. The number of carboxylic acid groups (broad SMARTS) is 1. The third kappa shape index (κ3) is 1.95. The standard InChI is InChI=1S/C7H7AsCl2O2/c9-8(10,7(11)12)6-4-2-1-3-5-6/h1-5,8H,(H,11,12). The van der Waals surface area contributed by atoms with Gasteiger partial charge in [0.25, 0.3) is 0 Å². The van der Waals surface area contributed by atoms with E-state index in [-0.39, 0.29) is 0 Å². The Hall–Kier alpha value is -0.172. The van der Waals surface area contributed by atoms with Crippen molar-refractivity contribution in [1.29, 1.82) is 0 Å². The summed E-state index contributed by atoms with van der Waals surface area (Å²) in [7, 11) is 11.5. The molecule has 0 saturated carbocycles. The van der Waals surface area contributed by atoms with Crippen LogP contribution in [0.2, 0.25) is 0 Å². The summed E-state index contributed by atoms with van der Waals surface area (Å²) in [5.74, 6) is 0. The second-order valence-corrected chi connectivity index (χ2v) is 13.7. The fourth-order valence-electron chi connectivity index (χ4n) is 0.771. The molecule has 0 spiro atoms. The van der Waals surface area contributed by atoms with E-state index in [2.05, 4.69) is 0 Å². The number of rotatable bonds is 2. The van der Waals surface area contributed by atoms with E-state index in [1.54, 1.807) is 30.3 Å². The average Bonchev–Trinajstić information content (AvgIpc) is 2.06. The molecule has 12 heavy (non-hydrogen) atoms. The quantitative estimate of drug-likeness (QED) is 0.831. The van der Waals surface area contributed by atoms with Gasteiger partial charge in [0.1, 0.15) is 0 Å². The fourth-order valence-corrected chi connectivity index (χ4v) is 3.88. The third-order valence-electron chi connectivity index (χ3n) is 1.40. The Balaban J connectivity index is 3.06. The maximum absolute atomic E-state index is 10.6. The normalized spacial score (nSPS) is 12.5. The molecule has 0 aliphatic heterocycles. The molecule has 0 aromatic heterocycles. The van der Waals surface area contributed by atoms with E-state index in [0.29, 0.717) is 4.35 Å². The molecule has 0 radical (unpaired) electrons. The predicted molar refractivity (Wildman–Crippen MR) is 53.0 cm³/mol. The van der Waals surface area contributed by atoms with Gasteiger partial charge in [-0.05, 0) is 0 Å². The zero-order chi connectivity index (χ0) is 9.19. The van der Waals surface area contributed by atoms with Crippen LogP contribution in [0.25, 0.3) is 0 Å². The van der Waals surface area contributed by atoms with Crippen LogP contribution in [0.4, 0.5) is 4.79 Å². The molecule has 0 unspecified atom stereocenters. The van der Waals surface area contributed by atoms with Crippen LogP contribution in [0.5, 0.6) is 0 Å². The van der Waals surface area contributed by atoms with Gasteiger partial charge in [0.05, 0.1) is 0 Å². The second kappa shape index (κ2) is 3.69. The summed E-state index contributed by atoms with van der Waals surface area (Å²) >= 11 is -3.80. The maximum atomic E-state index is 10.6. The van der Waals surface area contributed by atoms with Gasteiger partial charge >= 0.3 is 80.9 Å². The first-order valence-corrected chi connectivity index (χ1v) is 10.8. The molecule has 2 nitrogen and oxygen atoms in total. The summed E-state index contributed by atoms with van der Waals surface area (Å²) in [6.07, 6.45) is 0. The Morgan fingerprint density at radius 2 is 1.75 bits per heavy atom. The molecule has 0 atom stereocenters. The summed E-state index contributed by atoms with van der Waals surface area (Å²) in [5.41, 5.74) is 0. The van der Waals surface area contributed by atoms with Crippen molar-refractivity contribution in [1.82, 2.24) is 0 Å². The minimum atomic E-state index is -3.80. The monoisotopic (exact) mass is 268 g/mol. The van der Waals surface area contributed by atoms with Crippen LogP contribution in [0.1, 0.15) is 0 Å². The molecule has 0 fully saturated rings. The first-order valence-electron chi connectivity index (χ1n) is 3.22. The van der Waals surface area contributed by atoms with E-state index in [1.165, 1.54) is 0 Å². The first kappa shape index (κ1) is 9.91. The van der Waals surface area contributed by atoms with Gasteiger partial charge in [0.2, 0.25) is 0 Å². The van der Waals surface area contributed by atoms with Gasteiger partial charge in [0, 0.05) is 0 Å². The Bertz CT molecular complexity index is 287. The molecule has 1 aromatic rings. The van der Waals surface area contributed by atoms with E-state index in [0.717, 1.165) is 0 Å². The van der Waals surface area contributed by atoms with Crippen molar-refractivity contribution in [3.05, 3.63) is 30.3 Å². The molecule has 1 rings (SSSR count). The van der Waals surface area contributed by atoms with Gasteiger partial charge < -0.3 is 0 Å². The van der Waals surface area contributed by atoms with Gasteiger partial charge in [-0.1, -0.05) is 0 Å². The van der Waals surface area contributed by atoms with Gasteiger partial charge in [-0.25, -0.2) is 0 Å². The van der Waals surface area contributed by atoms with Gasteiger partial charge in [-0.2, -0.15) is 0 Å². The van der Waals surface area contributed by atoms with Crippen molar-refractivity contribution in [2.45, 2.75) is 0 Å². The van der Waals surface area contributed by atoms with Crippen LogP contribution in [0, 0.1) is 0 Å². The number of hydrogen-bond donors (Lipinski definition) is 1. The summed E-state index contributed by atoms with van der Waals surface area (Å²) in [4.78, 5) is 10.6. The van der Waals surface area contributed by atoms with E-state index >= 15 is 0 Å². The van der Waals surface area contributed by atoms with E-state index in [4.69, 9.17) is 25.0 Å². The Labute approximate surface area is 80.9 Å². The van der Waals surface area contributed by atoms with E-state index < -0.39 is 16.4 Å². The zero-order valence-electron chi connectivity index (χ0n) is 6.00. The van der Waals surface area contributed by atoms with Gasteiger partial charge in [-0.3, -0.25) is 0 Å². The minimum absolute atomic E-state index is 0.549. The molecule has 0 amide bonds. The summed E-state index contributed by atoms with van der Waals surface area (Å²) in [6.45, 7) is 0. The SMILES string of the molecule is O=C(O)[AsH](Cl)(Cl)c1ccccc1. The van der Waals surface area contributed by atoms with Crippen molar-refractivity contribution in [2.24, 2.45) is 0 Å². The Kier molecular flexibility index (Phi) is 3.05. The third-order valence-corrected chi connectivity index (χ3v) is 8.70. The van der Waals surface area contributed by atoms with Crippen molar-refractivity contribution in [2.75, 3.05) is 0 Å². The molecule has 0 heterocycles. The van der Waals surface area contributed by atoms with Gasteiger partial charge in [-0.15, -0.1) is 0 Å². The molecule has 0 bridgehead atoms. The van der Waals surface area contributed by atoms with Crippen LogP contribution in [0.3, 0.4) is 0 Å². The topological polar surface area (TPSA) is 37.3 Å². The van der Waals surface area contributed by atoms with Crippen LogP contribution in [-0.4, -0.2) is 21.5 Å². The molecule has 0 saturated heterocycles. The molecule has 1 N–H and O–H groups in total. The molecule has 0 aliphatic rings. The second-order valence-electron chi connectivity index (χ2n) is 2.25. The van der Waals surface area contributed by atoms with Crippen molar-refractivity contribution >= 4 is 40.7 Å². The van der Waals surface area contributed by atoms with Gasteiger partial charge in [0.15, 0.2) is 0 Å². The number of carbonyl (C=O) groups is 1. The van der Waals surface area contributed by atoms with Crippen LogP contribution in [-0.2, 0) is 0 Å². The summed E-state index contributed by atoms with van der Waals surface area (Å²) in [5, 5.41) is 8.71. The first-order chi connectivity index (χ1) is 5.55. The average molecular weight is 269 g/mol. The summed E-state index contributed by atoms with van der Waals surface area (Å²) < 4.78 is -0.530. The number of benzene rings is 1. The van der Waals surface area contributed by atoms with Crippen LogP contribution in [0.15, 0.2) is 30.3 Å². The molecule has 5 heteroatoms. The molecule has 1 aromatic carbocycles. The van der Waals surface area contributed by atoms with E-state index in [9.17, 15) is 4.79 Å². The van der Waals surface area contributed by atoms with Crippen molar-refractivity contribution in [3.8, 4) is 0 Å². The number of hydrogen-bond acceptors (Lipinski definition) is 1. The van der Waals surface area contributed by atoms with Crippen molar-refractivity contribution < 1.29 is 9.90 Å².